The number of hydrogen-bond acceptors (Lipinski definition) is 6. The van der Waals surface area contributed by atoms with Crippen molar-refractivity contribution in [3.8, 4) is 0 Å². The fourth-order valence-corrected chi connectivity index (χ4v) is 4.07. The number of amides is 1. The number of aromatic nitrogens is 1. The molecule has 29 heavy (non-hydrogen) atoms. The lowest BCUT2D eigenvalue weighted by molar-refractivity contribution is -0.384. The molecule has 2 aromatic carbocycles. The van der Waals surface area contributed by atoms with Gasteiger partial charge in [-0.05, 0) is 57.3 Å². The van der Waals surface area contributed by atoms with Crippen LogP contribution in [-0.2, 0) is 0 Å². The maximum atomic E-state index is 13.3. The Bertz CT molecular complexity index is 1060. The first-order valence-electron chi connectivity index (χ1n) is 8.95. The summed E-state index contributed by atoms with van der Waals surface area (Å²) < 4.78 is 0.982. The van der Waals surface area contributed by atoms with Gasteiger partial charge in [-0.25, -0.2) is 4.98 Å². The predicted molar refractivity (Wildman–Crippen MR) is 117 cm³/mol. The molecule has 0 radical (unpaired) electrons. The second-order valence-corrected chi connectivity index (χ2v) is 8.50. The van der Waals surface area contributed by atoms with Gasteiger partial charge in [-0.3, -0.25) is 19.8 Å². The zero-order chi connectivity index (χ0) is 21.3. The number of fused-ring (bicyclic) bond motifs is 1. The van der Waals surface area contributed by atoms with E-state index < -0.39 is 10.8 Å². The third kappa shape index (κ3) is 4.55. The number of non-ortho nitro benzene ring substituents is 1. The van der Waals surface area contributed by atoms with E-state index in [9.17, 15) is 14.9 Å². The van der Waals surface area contributed by atoms with Gasteiger partial charge in [-0.15, -0.1) is 0 Å². The largest absolute Gasteiger partial charge is 0.308 e. The maximum absolute atomic E-state index is 13.3. The molecule has 0 aliphatic rings. The average molecular weight is 433 g/mol. The molecule has 0 spiro atoms. The fourth-order valence-electron chi connectivity index (χ4n) is 2.80. The highest BCUT2D eigenvalue weighted by Gasteiger charge is 2.25. The quantitative estimate of drug-likeness (QED) is 0.417. The number of thiazole rings is 1. The van der Waals surface area contributed by atoms with Crippen molar-refractivity contribution >= 4 is 49.9 Å². The molecule has 0 saturated heterocycles. The van der Waals surface area contributed by atoms with Gasteiger partial charge in [0.05, 0.1) is 25.7 Å². The predicted octanol–water partition coefficient (Wildman–Crippen LogP) is 4.68. The number of nitro benzene ring substituents is 1. The second-order valence-electron chi connectivity index (χ2n) is 7.08. The van der Waals surface area contributed by atoms with Crippen LogP contribution in [0.25, 0.3) is 10.2 Å². The van der Waals surface area contributed by atoms with Gasteiger partial charge < -0.3 is 4.90 Å². The number of carbonyl (C=O) groups excluding carboxylic acids is 1. The van der Waals surface area contributed by atoms with E-state index in [-0.39, 0.29) is 16.3 Å². The van der Waals surface area contributed by atoms with Gasteiger partial charge >= 0.3 is 0 Å². The topological polar surface area (TPSA) is 79.6 Å². The van der Waals surface area contributed by atoms with Gasteiger partial charge in [-0.2, -0.15) is 0 Å². The van der Waals surface area contributed by atoms with Crippen LogP contribution in [-0.4, -0.2) is 47.9 Å². The molecule has 0 atom stereocenters. The van der Waals surface area contributed by atoms with E-state index in [1.807, 2.05) is 38.9 Å². The van der Waals surface area contributed by atoms with Crippen molar-refractivity contribution in [2.75, 3.05) is 32.1 Å². The molecule has 0 saturated carbocycles. The summed E-state index contributed by atoms with van der Waals surface area (Å²) >= 11 is 7.63. The number of anilines is 1. The van der Waals surface area contributed by atoms with Crippen LogP contribution >= 0.6 is 22.9 Å². The minimum atomic E-state index is -0.541. The van der Waals surface area contributed by atoms with E-state index in [1.165, 1.54) is 29.5 Å². The number of aryl methyl sites for hydroxylation is 2. The van der Waals surface area contributed by atoms with E-state index in [0.717, 1.165) is 21.3 Å². The SMILES string of the molecule is Cc1cc2nc(N(CCN(C)C)C(=O)c3cc([N+](=O)[O-])ccc3Cl)sc2cc1C. The lowest BCUT2D eigenvalue weighted by Crippen LogP contribution is -2.37. The number of halogens is 1. The first-order chi connectivity index (χ1) is 13.7. The van der Waals surface area contributed by atoms with Crippen LogP contribution in [0.15, 0.2) is 30.3 Å². The van der Waals surface area contributed by atoms with Gasteiger partial charge in [0.2, 0.25) is 0 Å². The summed E-state index contributed by atoms with van der Waals surface area (Å²) in [4.78, 5) is 32.1. The Kier molecular flexibility index (Phi) is 6.16. The third-order valence-electron chi connectivity index (χ3n) is 4.63. The fraction of sp³-hybridized carbons (Fsp3) is 0.300. The van der Waals surface area contributed by atoms with Crippen LogP contribution in [0.5, 0.6) is 0 Å². The number of nitro groups is 1. The maximum Gasteiger partial charge on any atom is 0.270 e. The van der Waals surface area contributed by atoms with Crippen molar-refractivity contribution in [1.29, 1.82) is 0 Å². The number of carbonyl (C=O) groups is 1. The summed E-state index contributed by atoms with van der Waals surface area (Å²) in [5.41, 5.74) is 3.01. The summed E-state index contributed by atoms with van der Waals surface area (Å²) in [6.07, 6.45) is 0. The summed E-state index contributed by atoms with van der Waals surface area (Å²) in [6.45, 7) is 5.03. The third-order valence-corrected chi connectivity index (χ3v) is 6.00. The molecule has 3 aromatic rings. The molecule has 0 bridgehead atoms. The van der Waals surface area contributed by atoms with Crippen LogP contribution in [0.3, 0.4) is 0 Å². The smallest absolute Gasteiger partial charge is 0.270 e. The molecule has 0 fully saturated rings. The normalized spacial score (nSPS) is 11.2. The highest BCUT2D eigenvalue weighted by molar-refractivity contribution is 7.22. The van der Waals surface area contributed by atoms with Crippen LogP contribution in [0.4, 0.5) is 10.8 Å². The van der Waals surface area contributed by atoms with Crippen LogP contribution in [0, 0.1) is 24.0 Å². The summed E-state index contributed by atoms with van der Waals surface area (Å²) in [6, 6.07) is 7.93. The molecule has 1 amide bonds. The Morgan fingerprint density at radius 3 is 2.52 bits per heavy atom. The van der Waals surface area contributed by atoms with E-state index in [2.05, 4.69) is 11.1 Å². The monoisotopic (exact) mass is 432 g/mol. The van der Waals surface area contributed by atoms with Crippen LogP contribution < -0.4 is 4.90 Å². The summed E-state index contributed by atoms with van der Waals surface area (Å²) in [5.74, 6) is -0.409. The first kappa shape index (κ1) is 21.2. The number of nitrogens with zero attached hydrogens (tertiary/aromatic N) is 4. The molecule has 0 aliphatic heterocycles. The van der Waals surface area contributed by atoms with Crippen molar-refractivity contribution in [2.24, 2.45) is 0 Å². The van der Waals surface area contributed by atoms with Gasteiger partial charge in [0.25, 0.3) is 11.6 Å². The highest BCUT2D eigenvalue weighted by atomic mass is 35.5. The minimum absolute atomic E-state index is 0.0891. The Morgan fingerprint density at radius 1 is 1.17 bits per heavy atom. The van der Waals surface area contributed by atoms with E-state index in [4.69, 9.17) is 11.6 Å². The molecular formula is C20H21ClN4O3S. The minimum Gasteiger partial charge on any atom is -0.308 e. The zero-order valence-corrected chi connectivity index (χ0v) is 18.2. The number of likely N-dealkylation sites (N-methyl/N-ethyl adjacent to an activating group) is 1. The van der Waals surface area contributed by atoms with Crippen molar-refractivity contribution in [3.05, 3.63) is 62.2 Å². The summed E-state index contributed by atoms with van der Waals surface area (Å²) in [7, 11) is 3.82. The number of benzene rings is 2. The number of hydrogen-bond donors (Lipinski definition) is 0. The van der Waals surface area contributed by atoms with Gasteiger partial charge in [0, 0.05) is 25.2 Å². The lowest BCUT2D eigenvalue weighted by atomic mass is 10.1. The Labute approximate surface area is 177 Å². The van der Waals surface area contributed by atoms with E-state index in [0.29, 0.717) is 18.2 Å². The van der Waals surface area contributed by atoms with Gasteiger partial charge in [0.15, 0.2) is 5.13 Å². The Hall–Kier alpha value is -2.55. The van der Waals surface area contributed by atoms with E-state index >= 15 is 0 Å². The lowest BCUT2D eigenvalue weighted by Gasteiger charge is -2.22. The molecule has 0 aliphatic carbocycles. The molecule has 1 heterocycles. The summed E-state index contributed by atoms with van der Waals surface area (Å²) in [5, 5.41) is 11.9. The molecule has 7 nitrogen and oxygen atoms in total. The van der Waals surface area contributed by atoms with Crippen molar-refractivity contribution in [1.82, 2.24) is 9.88 Å². The second kappa shape index (κ2) is 8.44. The molecule has 1 aromatic heterocycles. The standard InChI is InChI=1S/C20H21ClN4O3S/c1-12-9-17-18(10-13(12)2)29-20(22-17)24(8-7-23(3)4)19(26)15-11-14(25(27)28)5-6-16(15)21/h5-6,9-11H,7-8H2,1-4H3. The zero-order valence-electron chi connectivity index (χ0n) is 16.6. The van der Waals surface area contributed by atoms with Crippen LogP contribution in [0.1, 0.15) is 21.5 Å². The number of rotatable bonds is 6. The first-order valence-corrected chi connectivity index (χ1v) is 10.1. The van der Waals surface area contributed by atoms with Crippen molar-refractivity contribution < 1.29 is 9.72 Å². The van der Waals surface area contributed by atoms with Crippen LogP contribution in [0.2, 0.25) is 5.02 Å². The van der Waals surface area contributed by atoms with Gasteiger partial charge in [0.1, 0.15) is 0 Å². The Balaban J connectivity index is 2.07. The molecule has 3 rings (SSSR count). The Morgan fingerprint density at radius 2 is 1.86 bits per heavy atom. The molecule has 152 valence electrons. The molecule has 0 N–H and O–H groups in total. The van der Waals surface area contributed by atoms with Crippen molar-refractivity contribution in [3.63, 3.8) is 0 Å². The van der Waals surface area contributed by atoms with E-state index in [1.54, 1.807) is 4.90 Å². The van der Waals surface area contributed by atoms with Crippen molar-refractivity contribution in [2.45, 2.75) is 13.8 Å². The average Bonchev–Trinajstić information content (AvgIpc) is 3.04. The molecule has 9 heteroatoms. The molecule has 0 unspecified atom stereocenters. The highest BCUT2D eigenvalue weighted by Crippen LogP contribution is 2.33. The molecular weight excluding hydrogens is 412 g/mol. The van der Waals surface area contributed by atoms with Gasteiger partial charge in [-0.1, -0.05) is 22.9 Å².